The number of aromatic amines is 1. The highest BCUT2D eigenvalue weighted by Gasteiger charge is 2.15. The van der Waals surface area contributed by atoms with Crippen LogP contribution in [0.25, 0.3) is 0 Å². The monoisotopic (exact) mass is 263 g/mol. The number of aromatic nitrogens is 4. The molecule has 0 radical (unpaired) electrons. The van der Waals surface area contributed by atoms with Gasteiger partial charge in [0, 0.05) is 6.20 Å². The Hall–Kier alpha value is -2.64. The van der Waals surface area contributed by atoms with Gasteiger partial charge in [0.15, 0.2) is 0 Å². The van der Waals surface area contributed by atoms with Crippen molar-refractivity contribution in [1.82, 2.24) is 25.1 Å². The molecule has 1 amide bonds. The van der Waals surface area contributed by atoms with E-state index in [0.29, 0.717) is 5.82 Å². The van der Waals surface area contributed by atoms with Crippen LogP contribution in [0.5, 0.6) is 0 Å². The van der Waals surface area contributed by atoms with E-state index in [2.05, 4.69) is 20.5 Å². The summed E-state index contributed by atoms with van der Waals surface area (Å²) in [6, 6.07) is 2.70. The molecule has 2 aromatic rings. The smallest absolute Gasteiger partial charge is 0.352 e. The molecule has 0 saturated carbocycles. The van der Waals surface area contributed by atoms with Gasteiger partial charge in [-0.2, -0.15) is 5.10 Å². The molecule has 0 aliphatic carbocycles. The van der Waals surface area contributed by atoms with Crippen LogP contribution in [0.3, 0.4) is 0 Å². The Labute approximate surface area is 108 Å². The lowest BCUT2D eigenvalue weighted by Gasteiger charge is -2.12. The Balaban J connectivity index is 1.98. The van der Waals surface area contributed by atoms with Gasteiger partial charge in [0.2, 0.25) is 5.91 Å². The minimum atomic E-state index is -1.07. The molecule has 2 aromatic heterocycles. The third-order valence-electron chi connectivity index (χ3n) is 2.58. The summed E-state index contributed by atoms with van der Waals surface area (Å²) in [4.78, 5) is 26.6. The summed E-state index contributed by atoms with van der Waals surface area (Å²) in [6.45, 7) is 1.69. The lowest BCUT2D eigenvalue weighted by molar-refractivity contribution is -0.122. The summed E-state index contributed by atoms with van der Waals surface area (Å²) < 4.78 is 1.37. The fourth-order valence-corrected chi connectivity index (χ4v) is 1.68. The average Bonchev–Trinajstić information content (AvgIpc) is 2.98. The normalized spacial score (nSPS) is 12.1. The molecule has 1 unspecified atom stereocenters. The molecule has 1 atom stereocenters. The number of nitrogens with zero attached hydrogens (tertiary/aromatic N) is 3. The van der Waals surface area contributed by atoms with E-state index in [9.17, 15) is 9.59 Å². The molecule has 0 spiro atoms. The maximum absolute atomic E-state index is 11.8. The number of carbonyl (C=O) groups is 2. The molecule has 0 aliphatic rings. The number of hydrogen-bond acceptors (Lipinski definition) is 4. The van der Waals surface area contributed by atoms with E-state index in [0.717, 1.165) is 0 Å². The maximum atomic E-state index is 11.8. The summed E-state index contributed by atoms with van der Waals surface area (Å²) in [6.07, 6.45) is 2.90. The van der Waals surface area contributed by atoms with Gasteiger partial charge in [-0.05, 0) is 19.1 Å². The highest BCUT2D eigenvalue weighted by molar-refractivity contribution is 5.86. The van der Waals surface area contributed by atoms with Gasteiger partial charge in [-0.25, -0.2) is 9.78 Å². The van der Waals surface area contributed by atoms with Crippen LogP contribution in [0.15, 0.2) is 24.7 Å². The van der Waals surface area contributed by atoms with Gasteiger partial charge < -0.3 is 15.0 Å². The molecule has 0 bridgehead atoms. The zero-order valence-corrected chi connectivity index (χ0v) is 10.2. The van der Waals surface area contributed by atoms with Gasteiger partial charge in [-0.1, -0.05) is 0 Å². The molecular formula is C11H13N5O3. The van der Waals surface area contributed by atoms with Gasteiger partial charge in [-0.3, -0.25) is 9.89 Å². The van der Waals surface area contributed by atoms with Crippen molar-refractivity contribution in [1.29, 1.82) is 0 Å². The first-order valence-electron chi connectivity index (χ1n) is 5.61. The lowest BCUT2D eigenvalue weighted by atomic mass is 10.3. The summed E-state index contributed by atoms with van der Waals surface area (Å²) in [5, 5.41) is 18.0. The van der Waals surface area contributed by atoms with Crippen LogP contribution < -0.4 is 5.32 Å². The molecule has 0 aliphatic heterocycles. The molecule has 2 rings (SSSR count). The molecule has 100 valence electrons. The van der Waals surface area contributed by atoms with Crippen molar-refractivity contribution in [3.8, 4) is 0 Å². The van der Waals surface area contributed by atoms with Crippen LogP contribution in [0.2, 0.25) is 0 Å². The molecule has 19 heavy (non-hydrogen) atoms. The highest BCUT2D eigenvalue weighted by Crippen LogP contribution is 2.06. The van der Waals surface area contributed by atoms with Crippen LogP contribution in [-0.4, -0.2) is 36.7 Å². The zero-order valence-electron chi connectivity index (χ0n) is 10.2. The van der Waals surface area contributed by atoms with Crippen molar-refractivity contribution in [2.45, 2.75) is 19.5 Å². The van der Waals surface area contributed by atoms with E-state index < -0.39 is 5.97 Å². The molecular weight excluding hydrogens is 250 g/mol. The van der Waals surface area contributed by atoms with Gasteiger partial charge in [0.25, 0.3) is 0 Å². The molecule has 0 aromatic carbocycles. The number of nitrogens with one attached hydrogen (secondary N) is 2. The number of rotatable bonds is 5. The van der Waals surface area contributed by atoms with Crippen LogP contribution in [-0.2, 0) is 11.3 Å². The van der Waals surface area contributed by atoms with E-state index in [1.807, 2.05) is 0 Å². The summed E-state index contributed by atoms with van der Waals surface area (Å²) >= 11 is 0. The van der Waals surface area contributed by atoms with E-state index >= 15 is 0 Å². The standard InChI is InChI=1S/C11H13N5O3/c1-7(10-12-6-13-15-10)14-9(17)5-16-4-2-3-8(16)11(18)19/h2-4,6-7H,5H2,1H3,(H,14,17)(H,18,19)(H,12,13,15). The van der Waals surface area contributed by atoms with Crippen LogP contribution in [0.4, 0.5) is 0 Å². The topological polar surface area (TPSA) is 113 Å². The molecule has 0 fully saturated rings. The number of aromatic carboxylic acids is 1. The predicted octanol–water partition coefficient (Wildman–Crippen LogP) is 0.182. The Bertz CT molecular complexity index is 575. The first-order valence-corrected chi connectivity index (χ1v) is 5.61. The average molecular weight is 263 g/mol. The second-order valence-corrected chi connectivity index (χ2v) is 3.99. The minimum absolute atomic E-state index is 0.0624. The van der Waals surface area contributed by atoms with Crippen LogP contribution in [0, 0.1) is 0 Å². The number of carboxylic acids is 1. The molecule has 0 saturated heterocycles. The highest BCUT2D eigenvalue weighted by atomic mass is 16.4. The number of carbonyl (C=O) groups excluding carboxylic acids is 1. The predicted molar refractivity (Wildman–Crippen MR) is 64.3 cm³/mol. The number of amides is 1. The van der Waals surface area contributed by atoms with Crippen LogP contribution >= 0.6 is 0 Å². The van der Waals surface area contributed by atoms with Crippen molar-refractivity contribution < 1.29 is 14.7 Å². The third kappa shape index (κ3) is 2.97. The van der Waals surface area contributed by atoms with E-state index in [4.69, 9.17) is 5.11 Å². The molecule has 8 heteroatoms. The first-order chi connectivity index (χ1) is 9.08. The molecule has 3 N–H and O–H groups in total. The second kappa shape index (κ2) is 5.34. The van der Waals surface area contributed by atoms with E-state index in [1.54, 1.807) is 19.2 Å². The van der Waals surface area contributed by atoms with Gasteiger partial charge in [0.1, 0.15) is 24.4 Å². The summed E-state index contributed by atoms with van der Waals surface area (Å²) in [7, 11) is 0. The second-order valence-electron chi connectivity index (χ2n) is 3.99. The quantitative estimate of drug-likeness (QED) is 0.712. The largest absolute Gasteiger partial charge is 0.477 e. The van der Waals surface area contributed by atoms with Gasteiger partial charge in [-0.15, -0.1) is 0 Å². The molecule has 8 nitrogen and oxygen atoms in total. The van der Waals surface area contributed by atoms with Crippen molar-refractivity contribution >= 4 is 11.9 Å². The van der Waals surface area contributed by atoms with Crippen molar-refractivity contribution in [2.75, 3.05) is 0 Å². The minimum Gasteiger partial charge on any atom is -0.477 e. The SMILES string of the molecule is CC(NC(=O)Cn1cccc1C(=O)O)c1ncn[nH]1. The van der Waals surface area contributed by atoms with Gasteiger partial charge in [0.05, 0.1) is 6.04 Å². The number of carboxylic acid groups (broad SMARTS) is 1. The zero-order chi connectivity index (χ0) is 13.8. The fraction of sp³-hybridized carbons (Fsp3) is 0.273. The summed E-state index contributed by atoms with van der Waals surface area (Å²) in [5.74, 6) is -0.831. The fourth-order valence-electron chi connectivity index (χ4n) is 1.68. The third-order valence-corrected chi connectivity index (χ3v) is 2.58. The van der Waals surface area contributed by atoms with Crippen LogP contribution in [0.1, 0.15) is 29.3 Å². The summed E-state index contributed by atoms with van der Waals surface area (Å²) in [5.41, 5.74) is 0.0717. The van der Waals surface area contributed by atoms with Crippen molar-refractivity contribution in [2.24, 2.45) is 0 Å². The molecule has 2 heterocycles. The Morgan fingerprint density at radius 1 is 1.58 bits per heavy atom. The Morgan fingerprint density at radius 3 is 3.00 bits per heavy atom. The lowest BCUT2D eigenvalue weighted by Crippen LogP contribution is -2.31. The Kier molecular flexibility index (Phi) is 3.60. The van der Waals surface area contributed by atoms with Gasteiger partial charge >= 0.3 is 5.97 Å². The Morgan fingerprint density at radius 2 is 2.37 bits per heavy atom. The number of hydrogen-bond donors (Lipinski definition) is 3. The van der Waals surface area contributed by atoms with Crippen molar-refractivity contribution in [3.05, 3.63) is 36.2 Å². The van der Waals surface area contributed by atoms with E-state index in [-0.39, 0.29) is 24.2 Å². The maximum Gasteiger partial charge on any atom is 0.352 e. The van der Waals surface area contributed by atoms with Crippen molar-refractivity contribution in [3.63, 3.8) is 0 Å². The number of H-pyrrole nitrogens is 1. The van der Waals surface area contributed by atoms with E-state index in [1.165, 1.54) is 17.0 Å². The first kappa shape index (κ1) is 12.8.